The van der Waals surface area contributed by atoms with Crippen molar-refractivity contribution in [3.05, 3.63) is 231 Å². The van der Waals surface area contributed by atoms with E-state index in [9.17, 15) is 0 Å². The number of aromatic nitrogens is 2. The SMILES string of the molecule is c1ccc(N(c2ccccc2)c2ccc3c(c2)-n2c4ccccc4c4ccc5c(c42)B3c2sc3c(c2O5)Oc2ccc4c5ccccc5n5c4c2B3c2ccc(N(c3ccccc3)c3ccccc3)cc2-5)cc1. The van der Waals surface area contributed by atoms with Gasteiger partial charge in [0.1, 0.15) is 11.5 Å². The number of rotatable bonds is 6. The highest BCUT2D eigenvalue weighted by Gasteiger charge is 2.49. The number of para-hydroxylation sites is 6. The van der Waals surface area contributed by atoms with Gasteiger partial charge in [-0.3, -0.25) is 0 Å². The zero-order valence-corrected chi connectivity index (χ0v) is 39.9. The molecule has 4 aliphatic rings. The van der Waals surface area contributed by atoms with Gasteiger partial charge in [0.05, 0.1) is 22.1 Å². The molecule has 0 amide bonds. The average molecular weight is 949 g/mol. The maximum Gasteiger partial charge on any atom is 0.269 e. The van der Waals surface area contributed by atoms with Crippen molar-refractivity contribution in [3.8, 4) is 34.4 Å². The fourth-order valence-corrected chi connectivity index (χ4v) is 14.3. The molecule has 17 rings (SSSR count). The van der Waals surface area contributed by atoms with E-state index in [2.05, 4.69) is 249 Å². The van der Waals surface area contributed by atoms with Gasteiger partial charge in [0, 0.05) is 76.6 Å². The van der Waals surface area contributed by atoms with E-state index in [1.807, 2.05) is 11.3 Å². The third kappa shape index (κ3) is 5.33. The van der Waals surface area contributed by atoms with Crippen molar-refractivity contribution >= 4 is 134 Å². The summed E-state index contributed by atoms with van der Waals surface area (Å²) in [5.41, 5.74) is 18.6. The predicted octanol–water partition coefficient (Wildman–Crippen LogP) is 12.8. The minimum atomic E-state index is -0.102. The number of benzene rings is 10. The van der Waals surface area contributed by atoms with Gasteiger partial charge < -0.3 is 28.4 Å². The molecule has 3 aromatic heterocycles. The molecule has 73 heavy (non-hydrogen) atoms. The number of hydrogen-bond acceptors (Lipinski definition) is 5. The highest BCUT2D eigenvalue weighted by molar-refractivity contribution is 7.38. The van der Waals surface area contributed by atoms with E-state index in [1.54, 1.807) is 0 Å². The van der Waals surface area contributed by atoms with Gasteiger partial charge in [0.2, 0.25) is 0 Å². The van der Waals surface area contributed by atoms with Crippen LogP contribution in [0.3, 0.4) is 0 Å². The molecule has 6 nitrogen and oxygen atoms in total. The average Bonchev–Trinajstić information content (AvgIpc) is 4.17. The van der Waals surface area contributed by atoms with Gasteiger partial charge in [-0.2, -0.15) is 11.3 Å². The van der Waals surface area contributed by atoms with Gasteiger partial charge in [0.25, 0.3) is 13.4 Å². The number of nitrogens with zero attached hydrogens (tertiary/aromatic N) is 4. The van der Waals surface area contributed by atoms with Crippen molar-refractivity contribution in [2.75, 3.05) is 9.80 Å². The monoisotopic (exact) mass is 948 g/mol. The van der Waals surface area contributed by atoms with E-state index < -0.39 is 0 Å². The summed E-state index contributed by atoms with van der Waals surface area (Å²) in [4.78, 5) is 4.73. The maximum absolute atomic E-state index is 7.32. The zero-order valence-electron chi connectivity index (χ0n) is 39.1. The molecule has 338 valence electrons. The van der Waals surface area contributed by atoms with Crippen LogP contribution in [0, 0.1) is 0 Å². The number of anilines is 6. The van der Waals surface area contributed by atoms with E-state index in [0.717, 1.165) is 57.1 Å². The second-order valence-corrected chi connectivity index (χ2v) is 20.6. The van der Waals surface area contributed by atoms with Crippen LogP contribution >= 0.6 is 11.3 Å². The van der Waals surface area contributed by atoms with E-state index in [4.69, 9.17) is 9.47 Å². The molecule has 0 unspecified atom stereocenters. The Balaban J connectivity index is 0.910. The Morgan fingerprint density at radius 3 is 1.11 bits per heavy atom. The molecule has 0 aliphatic carbocycles. The van der Waals surface area contributed by atoms with Gasteiger partial charge in [-0.1, -0.05) is 121 Å². The first-order valence-electron chi connectivity index (χ1n) is 25.0. The summed E-state index contributed by atoms with van der Waals surface area (Å²) in [6, 6.07) is 83.6. The van der Waals surface area contributed by atoms with Gasteiger partial charge in [-0.15, -0.1) is 0 Å². The molecule has 9 heteroatoms. The van der Waals surface area contributed by atoms with Gasteiger partial charge in [0.15, 0.2) is 11.5 Å². The Hall–Kier alpha value is -9.17. The summed E-state index contributed by atoms with van der Waals surface area (Å²) in [5, 5.41) is 4.90. The molecule has 0 N–H and O–H groups in total. The maximum atomic E-state index is 7.32. The molecular formula is C64H38B2N4O2S. The molecule has 0 spiro atoms. The standard InChI is InChI=1S/C64H38B2N4O2S/c1-5-17-39(18-6-1)67(40-19-7-2-8-20-40)43-29-33-49-53(37-43)69-51-27-15-13-25-45(51)47-31-35-55-57(59(47)69)65(49)63-61(71-55)62-64(73-63)66-50-34-30-44(68(41-21-9-3-10-22-41)42-23-11-4-12-24-42)38-54(50)70-52-28-16-14-26-46(52)48-32-36-56(72-62)58(66)60(48)70/h1-38H. The molecule has 0 fully saturated rings. The number of hydrogen-bond donors (Lipinski definition) is 0. The van der Waals surface area contributed by atoms with Crippen molar-refractivity contribution in [1.82, 2.24) is 9.13 Å². The summed E-state index contributed by atoms with van der Waals surface area (Å²) >= 11 is 1.87. The minimum absolute atomic E-state index is 0.102. The van der Waals surface area contributed by atoms with Gasteiger partial charge in [-0.25, -0.2) is 0 Å². The minimum Gasteiger partial charge on any atom is -0.454 e. The van der Waals surface area contributed by atoms with Crippen LogP contribution in [0.1, 0.15) is 0 Å². The van der Waals surface area contributed by atoms with Crippen LogP contribution in [0.25, 0.3) is 55.0 Å². The molecule has 0 radical (unpaired) electrons. The van der Waals surface area contributed by atoms with Crippen LogP contribution in [0.5, 0.6) is 23.0 Å². The van der Waals surface area contributed by atoms with Crippen molar-refractivity contribution in [2.24, 2.45) is 0 Å². The summed E-state index contributed by atoms with van der Waals surface area (Å²) < 4.78 is 22.0. The lowest BCUT2D eigenvalue weighted by Crippen LogP contribution is -2.58. The fourth-order valence-electron chi connectivity index (χ4n) is 12.9. The lowest BCUT2D eigenvalue weighted by molar-refractivity contribution is 0.427. The van der Waals surface area contributed by atoms with E-state index in [1.165, 1.54) is 86.4 Å². The van der Waals surface area contributed by atoms with Crippen LogP contribution in [-0.2, 0) is 0 Å². The Morgan fingerprint density at radius 1 is 0.342 bits per heavy atom. The topological polar surface area (TPSA) is 34.8 Å². The van der Waals surface area contributed by atoms with Crippen LogP contribution in [0.4, 0.5) is 34.1 Å². The number of fused-ring (bicyclic) bond motifs is 17. The van der Waals surface area contributed by atoms with Crippen LogP contribution in [0.2, 0.25) is 0 Å². The van der Waals surface area contributed by atoms with Crippen molar-refractivity contribution in [1.29, 1.82) is 0 Å². The molecular weight excluding hydrogens is 910 g/mol. The first-order valence-corrected chi connectivity index (χ1v) is 25.8. The largest absolute Gasteiger partial charge is 0.454 e. The molecule has 4 aliphatic heterocycles. The van der Waals surface area contributed by atoms with Crippen LogP contribution < -0.4 is 50.7 Å². The van der Waals surface area contributed by atoms with E-state index in [-0.39, 0.29) is 13.4 Å². The van der Waals surface area contributed by atoms with Gasteiger partial charge >= 0.3 is 0 Å². The highest BCUT2D eigenvalue weighted by Crippen LogP contribution is 2.48. The molecule has 0 atom stereocenters. The molecule has 13 aromatic rings. The second kappa shape index (κ2) is 14.7. The quantitative estimate of drug-likeness (QED) is 0.156. The highest BCUT2D eigenvalue weighted by atomic mass is 32.1. The Labute approximate surface area is 424 Å². The first kappa shape index (κ1) is 39.5. The summed E-state index contributed by atoms with van der Waals surface area (Å²) in [6.07, 6.45) is 0. The Bertz CT molecular complexity index is 4110. The Kier molecular flexibility index (Phi) is 7.96. The first-order chi connectivity index (χ1) is 36.2. The van der Waals surface area contributed by atoms with Crippen LogP contribution in [0.15, 0.2) is 231 Å². The Morgan fingerprint density at radius 2 is 0.712 bits per heavy atom. The summed E-state index contributed by atoms with van der Waals surface area (Å²) in [7, 11) is 0. The van der Waals surface area contributed by atoms with Crippen LogP contribution in [-0.4, -0.2) is 22.6 Å². The third-order valence-corrected chi connectivity index (χ3v) is 17.1. The molecule has 7 heterocycles. The molecule has 0 saturated carbocycles. The number of thiophene rings is 1. The third-order valence-electron chi connectivity index (χ3n) is 15.8. The van der Waals surface area contributed by atoms with E-state index >= 15 is 0 Å². The predicted molar refractivity (Wildman–Crippen MR) is 305 cm³/mol. The summed E-state index contributed by atoms with van der Waals surface area (Å²) in [6.45, 7) is -0.204. The van der Waals surface area contributed by atoms with Gasteiger partial charge in [-0.05, 0) is 131 Å². The molecule has 0 bridgehead atoms. The smallest absolute Gasteiger partial charge is 0.269 e. The normalized spacial score (nSPS) is 13.1. The molecule has 0 saturated heterocycles. The van der Waals surface area contributed by atoms with E-state index in [0.29, 0.717) is 0 Å². The van der Waals surface area contributed by atoms with Crippen molar-refractivity contribution < 1.29 is 9.47 Å². The van der Waals surface area contributed by atoms with Crippen molar-refractivity contribution in [3.63, 3.8) is 0 Å². The van der Waals surface area contributed by atoms with Crippen molar-refractivity contribution in [2.45, 2.75) is 0 Å². The number of ether oxygens (including phenoxy) is 2. The fraction of sp³-hybridized carbons (Fsp3) is 0. The lowest BCUT2D eigenvalue weighted by atomic mass is 9.36. The second-order valence-electron chi connectivity index (χ2n) is 19.5. The zero-order chi connectivity index (χ0) is 47.5. The summed E-state index contributed by atoms with van der Waals surface area (Å²) in [5.74, 6) is 3.39. The lowest BCUT2D eigenvalue weighted by Gasteiger charge is -2.33. The molecule has 10 aromatic carbocycles.